The molecule has 0 saturated carbocycles. The number of anilines is 1. The molecule has 0 aromatic carbocycles. The van der Waals surface area contributed by atoms with Gasteiger partial charge in [0.25, 0.3) is 5.56 Å². The smallest absolute Gasteiger partial charge is 0.293 e. The van der Waals surface area contributed by atoms with E-state index in [9.17, 15) is 4.79 Å². The number of hydrogen-bond acceptors (Lipinski definition) is 4. The molecule has 5 heteroatoms. The summed E-state index contributed by atoms with van der Waals surface area (Å²) in [5.74, 6) is 0.921. The second-order valence-electron chi connectivity index (χ2n) is 4.26. The Balaban J connectivity index is 2.39. The van der Waals surface area contributed by atoms with E-state index < -0.39 is 0 Å². The minimum Gasteiger partial charge on any atom is -0.379 e. The van der Waals surface area contributed by atoms with E-state index in [1.165, 1.54) is 0 Å². The van der Waals surface area contributed by atoms with Gasteiger partial charge in [-0.3, -0.25) is 4.79 Å². The molecule has 1 aromatic rings. The van der Waals surface area contributed by atoms with Crippen LogP contribution >= 0.6 is 0 Å². The number of nitrogens with zero attached hydrogens (tertiary/aromatic N) is 2. The molecule has 0 bridgehead atoms. The van der Waals surface area contributed by atoms with Crippen LogP contribution in [0.1, 0.15) is 20.8 Å². The van der Waals surface area contributed by atoms with Crippen LogP contribution in [0, 0.1) is 5.92 Å². The van der Waals surface area contributed by atoms with Crippen molar-refractivity contribution in [2.75, 3.05) is 25.1 Å². The molecular formula is C12H21N3O2. The van der Waals surface area contributed by atoms with Gasteiger partial charge in [0, 0.05) is 32.1 Å². The minimum atomic E-state index is -0.0844. The number of aromatic nitrogens is 2. The third-order valence-electron chi connectivity index (χ3n) is 2.24. The van der Waals surface area contributed by atoms with Crippen LogP contribution < -0.4 is 10.9 Å². The van der Waals surface area contributed by atoms with Crippen LogP contribution in [0.4, 0.5) is 5.82 Å². The van der Waals surface area contributed by atoms with Crippen molar-refractivity contribution in [3.05, 3.63) is 22.7 Å². The van der Waals surface area contributed by atoms with Gasteiger partial charge < -0.3 is 14.6 Å². The molecule has 0 aliphatic rings. The van der Waals surface area contributed by atoms with Crippen LogP contribution in [-0.4, -0.2) is 29.3 Å². The monoisotopic (exact) mass is 239 g/mol. The van der Waals surface area contributed by atoms with E-state index >= 15 is 0 Å². The molecule has 17 heavy (non-hydrogen) atoms. The summed E-state index contributed by atoms with van der Waals surface area (Å²) in [7, 11) is 0. The van der Waals surface area contributed by atoms with E-state index in [0.717, 1.165) is 6.61 Å². The Morgan fingerprint density at radius 2 is 2.29 bits per heavy atom. The van der Waals surface area contributed by atoms with Crippen LogP contribution in [0.5, 0.6) is 0 Å². The normalized spacial score (nSPS) is 10.8. The molecule has 1 heterocycles. The minimum absolute atomic E-state index is 0.0844. The SMILES string of the molecule is CCn1ccnc(NCCOCC(C)C)c1=O. The first-order valence-corrected chi connectivity index (χ1v) is 6.02. The van der Waals surface area contributed by atoms with Crippen molar-refractivity contribution >= 4 is 5.82 Å². The van der Waals surface area contributed by atoms with Crippen molar-refractivity contribution in [2.45, 2.75) is 27.3 Å². The summed E-state index contributed by atoms with van der Waals surface area (Å²) in [5.41, 5.74) is -0.0844. The maximum atomic E-state index is 11.8. The summed E-state index contributed by atoms with van der Waals surface area (Å²) in [5, 5.41) is 2.99. The summed E-state index contributed by atoms with van der Waals surface area (Å²) < 4.78 is 7.03. The zero-order chi connectivity index (χ0) is 12.7. The Kier molecular flexibility index (Phi) is 5.69. The maximum absolute atomic E-state index is 11.8. The van der Waals surface area contributed by atoms with Gasteiger partial charge in [0.1, 0.15) is 0 Å². The van der Waals surface area contributed by atoms with Crippen LogP contribution in [0.3, 0.4) is 0 Å². The standard InChI is InChI=1S/C12H21N3O2/c1-4-15-7-5-13-11(12(15)16)14-6-8-17-9-10(2)3/h5,7,10H,4,6,8-9H2,1-3H3,(H,13,14). The first kappa shape index (κ1) is 13.7. The highest BCUT2D eigenvalue weighted by Crippen LogP contribution is 1.94. The molecule has 0 aliphatic carbocycles. The zero-order valence-corrected chi connectivity index (χ0v) is 10.8. The van der Waals surface area contributed by atoms with Gasteiger partial charge in [-0.25, -0.2) is 4.98 Å². The van der Waals surface area contributed by atoms with E-state index in [0.29, 0.717) is 31.4 Å². The van der Waals surface area contributed by atoms with Crippen molar-refractivity contribution in [2.24, 2.45) is 5.92 Å². The van der Waals surface area contributed by atoms with Crippen molar-refractivity contribution in [1.29, 1.82) is 0 Å². The summed E-state index contributed by atoms with van der Waals surface area (Å²) >= 11 is 0. The molecule has 0 aliphatic heterocycles. The number of hydrogen-bond donors (Lipinski definition) is 1. The zero-order valence-electron chi connectivity index (χ0n) is 10.8. The Labute approximate surface area is 102 Å². The Morgan fingerprint density at radius 3 is 2.94 bits per heavy atom. The second-order valence-corrected chi connectivity index (χ2v) is 4.26. The Bertz CT molecular complexity index is 388. The van der Waals surface area contributed by atoms with Gasteiger partial charge in [0.15, 0.2) is 5.82 Å². The fraction of sp³-hybridized carbons (Fsp3) is 0.667. The average Bonchev–Trinajstić information content (AvgIpc) is 2.30. The molecule has 0 saturated heterocycles. The molecule has 0 unspecified atom stereocenters. The highest BCUT2D eigenvalue weighted by molar-refractivity contribution is 5.30. The van der Waals surface area contributed by atoms with E-state index in [-0.39, 0.29) is 5.56 Å². The largest absolute Gasteiger partial charge is 0.379 e. The molecule has 0 fully saturated rings. The topological polar surface area (TPSA) is 56.1 Å². The predicted octanol–water partition coefficient (Wildman–Crippen LogP) is 1.35. The van der Waals surface area contributed by atoms with Gasteiger partial charge >= 0.3 is 0 Å². The van der Waals surface area contributed by atoms with Crippen LogP contribution in [0.15, 0.2) is 17.2 Å². The lowest BCUT2D eigenvalue weighted by Gasteiger charge is -2.09. The van der Waals surface area contributed by atoms with E-state index in [4.69, 9.17) is 4.74 Å². The van der Waals surface area contributed by atoms with Crippen LogP contribution in [0.25, 0.3) is 0 Å². The summed E-state index contributed by atoms with van der Waals surface area (Å²) in [6.07, 6.45) is 3.31. The van der Waals surface area contributed by atoms with E-state index in [2.05, 4.69) is 24.1 Å². The summed E-state index contributed by atoms with van der Waals surface area (Å²) in [6, 6.07) is 0. The van der Waals surface area contributed by atoms with Crippen molar-refractivity contribution in [3.8, 4) is 0 Å². The molecule has 0 atom stereocenters. The molecular weight excluding hydrogens is 218 g/mol. The van der Waals surface area contributed by atoms with Gasteiger partial charge in [-0.2, -0.15) is 0 Å². The number of nitrogens with one attached hydrogen (secondary N) is 1. The molecule has 5 nitrogen and oxygen atoms in total. The van der Waals surface area contributed by atoms with Crippen LogP contribution in [0.2, 0.25) is 0 Å². The van der Waals surface area contributed by atoms with E-state index in [1.54, 1.807) is 17.0 Å². The average molecular weight is 239 g/mol. The summed E-state index contributed by atoms with van der Waals surface area (Å²) in [4.78, 5) is 15.8. The highest BCUT2D eigenvalue weighted by atomic mass is 16.5. The summed E-state index contributed by atoms with van der Waals surface area (Å²) in [6.45, 7) is 8.71. The molecule has 0 amide bonds. The third-order valence-corrected chi connectivity index (χ3v) is 2.24. The Hall–Kier alpha value is -1.36. The molecule has 0 radical (unpaired) electrons. The quantitative estimate of drug-likeness (QED) is 0.730. The molecule has 1 aromatic heterocycles. The van der Waals surface area contributed by atoms with E-state index in [1.807, 2.05) is 6.92 Å². The number of ether oxygens (including phenoxy) is 1. The predicted molar refractivity (Wildman–Crippen MR) is 68.3 cm³/mol. The number of aryl methyl sites for hydroxylation is 1. The number of rotatable bonds is 7. The lowest BCUT2D eigenvalue weighted by atomic mass is 10.2. The van der Waals surface area contributed by atoms with Crippen molar-refractivity contribution in [1.82, 2.24) is 9.55 Å². The second kappa shape index (κ2) is 7.06. The van der Waals surface area contributed by atoms with Gasteiger partial charge in [-0.15, -0.1) is 0 Å². The fourth-order valence-electron chi connectivity index (χ4n) is 1.38. The maximum Gasteiger partial charge on any atom is 0.293 e. The molecule has 0 spiro atoms. The highest BCUT2D eigenvalue weighted by Gasteiger charge is 2.02. The third kappa shape index (κ3) is 4.56. The fourth-order valence-corrected chi connectivity index (χ4v) is 1.38. The van der Waals surface area contributed by atoms with Crippen LogP contribution in [-0.2, 0) is 11.3 Å². The molecule has 1 rings (SSSR count). The van der Waals surface area contributed by atoms with Crippen molar-refractivity contribution < 1.29 is 4.74 Å². The lowest BCUT2D eigenvalue weighted by molar-refractivity contribution is 0.118. The molecule has 1 N–H and O–H groups in total. The first-order chi connectivity index (χ1) is 8.15. The first-order valence-electron chi connectivity index (χ1n) is 6.02. The van der Waals surface area contributed by atoms with Gasteiger partial charge in [0.05, 0.1) is 6.61 Å². The lowest BCUT2D eigenvalue weighted by Crippen LogP contribution is -2.25. The van der Waals surface area contributed by atoms with Gasteiger partial charge in [0.2, 0.25) is 0 Å². The van der Waals surface area contributed by atoms with Gasteiger partial charge in [-0.05, 0) is 12.8 Å². The van der Waals surface area contributed by atoms with Crippen molar-refractivity contribution in [3.63, 3.8) is 0 Å². The molecule has 96 valence electrons. The van der Waals surface area contributed by atoms with Gasteiger partial charge in [-0.1, -0.05) is 13.8 Å². The Morgan fingerprint density at radius 1 is 1.53 bits per heavy atom.